The van der Waals surface area contributed by atoms with Crippen LogP contribution in [-0.2, 0) is 14.3 Å². The zero-order valence-corrected chi connectivity index (χ0v) is 11.5. The topological polar surface area (TPSA) is 69.7 Å². The predicted octanol–water partition coefficient (Wildman–Crippen LogP) is 2.90. The first-order chi connectivity index (χ1) is 9.47. The molecule has 0 unspecified atom stereocenters. The molecule has 0 saturated carbocycles. The van der Waals surface area contributed by atoms with Gasteiger partial charge in [0, 0.05) is 0 Å². The van der Waals surface area contributed by atoms with Gasteiger partial charge >= 0.3 is 16.3 Å². The third kappa shape index (κ3) is 3.58. The summed E-state index contributed by atoms with van der Waals surface area (Å²) in [5.74, 6) is 0.205. The van der Waals surface area contributed by atoms with Crippen LogP contribution in [0.15, 0.2) is 59.5 Å². The van der Waals surface area contributed by atoms with Crippen LogP contribution in [0, 0.1) is 6.92 Å². The second kappa shape index (κ2) is 5.75. The van der Waals surface area contributed by atoms with E-state index in [9.17, 15) is 13.2 Å². The van der Waals surface area contributed by atoms with Gasteiger partial charge in [0.1, 0.15) is 10.6 Å². The SMILES string of the molecule is Cc1ccc(S(=O)(=O)OC(=O)Oc2ccccc2)cc1. The van der Waals surface area contributed by atoms with Crippen LogP contribution in [-0.4, -0.2) is 14.6 Å². The Labute approximate surface area is 116 Å². The molecule has 0 aromatic heterocycles. The van der Waals surface area contributed by atoms with Crippen LogP contribution >= 0.6 is 0 Å². The predicted molar refractivity (Wildman–Crippen MR) is 71.9 cm³/mol. The maximum absolute atomic E-state index is 11.8. The number of rotatable bonds is 3. The van der Waals surface area contributed by atoms with Gasteiger partial charge in [0.05, 0.1) is 0 Å². The minimum absolute atomic E-state index is 0.104. The fraction of sp³-hybridized carbons (Fsp3) is 0.0714. The normalized spacial score (nSPS) is 10.8. The van der Waals surface area contributed by atoms with E-state index in [0.29, 0.717) is 0 Å². The van der Waals surface area contributed by atoms with Crippen LogP contribution in [0.25, 0.3) is 0 Å². The molecule has 0 spiro atoms. The van der Waals surface area contributed by atoms with Gasteiger partial charge in [-0.15, -0.1) is 0 Å². The largest absolute Gasteiger partial charge is 0.530 e. The van der Waals surface area contributed by atoms with Crippen LogP contribution in [0.1, 0.15) is 5.56 Å². The summed E-state index contributed by atoms with van der Waals surface area (Å²) in [7, 11) is -4.17. The highest BCUT2D eigenvalue weighted by molar-refractivity contribution is 7.87. The van der Waals surface area contributed by atoms with Gasteiger partial charge in [0.15, 0.2) is 0 Å². The van der Waals surface area contributed by atoms with Crippen molar-refractivity contribution in [3.05, 3.63) is 60.2 Å². The van der Waals surface area contributed by atoms with Crippen molar-refractivity contribution < 1.29 is 22.1 Å². The molecule has 6 heteroatoms. The smallest absolute Gasteiger partial charge is 0.394 e. The van der Waals surface area contributed by atoms with Crippen molar-refractivity contribution in [3.63, 3.8) is 0 Å². The minimum Gasteiger partial charge on any atom is -0.394 e. The molecule has 0 fully saturated rings. The van der Waals surface area contributed by atoms with Crippen molar-refractivity contribution in [1.82, 2.24) is 0 Å². The number of para-hydroxylation sites is 1. The first kappa shape index (κ1) is 14.1. The summed E-state index contributed by atoms with van der Waals surface area (Å²) in [5, 5.41) is 0. The van der Waals surface area contributed by atoms with E-state index in [-0.39, 0.29) is 10.6 Å². The van der Waals surface area contributed by atoms with Crippen LogP contribution < -0.4 is 4.74 Å². The number of benzene rings is 2. The van der Waals surface area contributed by atoms with E-state index >= 15 is 0 Å². The summed E-state index contributed by atoms with van der Waals surface area (Å²) in [4.78, 5) is 11.3. The van der Waals surface area contributed by atoms with E-state index < -0.39 is 16.3 Å². The van der Waals surface area contributed by atoms with Gasteiger partial charge in [0.2, 0.25) is 0 Å². The summed E-state index contributed by atoms with van der Waals surface area (Å²) >= 11 is 0. The van der Waals surface area contributed by atoms with E-state index in [2.05, 4.69) is 4.18 Å². The average Bonchev–Trinajstić information content (AvgIpc) is 2.39. The zero-order valence-electron chi connectivity index (χ0n) is 10.6. The third-order valence-corrected chi connectivity index (χ3v) is 3.64. The first-order valence-electron chi connectivity index (χ1n) is 5.75. The van der Waals surface area contributed by atoms with Crippen LogP contribution in [0.3, 0.4) is 0 Å². The Hall–Kier alpha value is -2.34. The van der Waals surface area contributed by atoms with E-state index in [1.54, 1.807) is 30.3 Å². The quantitative estimate of drug-likeness (QED) is 0.494. The lowest BCUT2D eigenvalue weighted by Crippen LogP contribution is -2.16. The Morgan fingerprint density at radius 1 is 0.950 bits per heavy atom. The third-order valence-electron chi connectivity index (χ3n) is 2.43. The fourth-order valence-corrected chi connectivity index (χ4v) is 2.22. The van der Waals surface area contributed by atoms with Gasteiger partial charge in [-0.3, -0.25) is 0 Å². The molecule has 0 atom stereocenters. The van der Waals surface area contributed by atoms with E-state index in [1.807, 2.05) is 6.92 Å². The average molecular weight is 292 g/mol. The summed E-state index contributed by atoms with van der Waals surface area (Å²) in [6, 6.07) is 14.0. The molecule has 0 radical (unpaired) electrons. The molecule has 2 rings (SSSR count). The standard InChI is InChI=1S/C14H12O5S/c1-11-7-9-13(10-8-11)20(16,17)19-14(15)18-12-5-3-2-4-6-12/h2-10H,1H3. The number of ether oxygens (including phenoxy) is 1. The molecule has 0 aliphatic carbocycles. The molecule has 104 valence electrons. The Kier molecular flexibility index (Phi) is 4.05. The van der Waals surface area contributed by atoms with Crippen molar-refractivity contribution in [2.24, 2.45) is 0 Å². The van der Waals surface area contributed by atoms with Gasteiger partial charge in [-0.1, -0.05) is 35.9 Å². The van der Waals surface area contributed by atoms with Gasteiger partial charge in [0.25, 0.3) is 0 Å². The maximum Gasteiger partial charge on any atom is 0.530 e. The van der Waals surface area contributed by atoms with Gasteiger partial charge in [-0.05, 0) is 31.2 Å². The highest BCUT2D eigenvalue weighted by Gasteiger charge is 2.21. The van der Waals surface area contributed by atoms with Crippen LogP contribution in [0.5, 0.6) is 5.75 Å². The molecule has 0 bridgehead atoms. The molecular formula is C14H12O5S. The lowest BCUT2D eigenvalue weighted by Gasteiger charge is -2.06. The number of carbonyl (C=O) groups is 1. The molecule has 5 nitrogen and oxygen atoms in total. The van der Waals surface area contributed by atoms with Crippen LogP contribution in [0.4, 0.5) is 4.79 Å². The molecule has 0 amide bonds. The summed E-state index contributed by atoms with van der Waals surface area (Å²) in [6.07, 6.45) is -1.29. The maximum atomic E-state index is 11.8. The second-order valence-corrected chi connectivity index (χ2v) is 5.56. The molecule has 0 heterocycles. The van der Waals surface area contributed by atoms with Crippen molar-refractivity contribution in [3.8, 4) is 5.75 Å². The Bertz CT molecular complexity index is 690. The molecule has 0 N–H and O–H groups in total. The highest BCUT2D eigenvalue weighted by Crippen LogP contribution is 2.15. The Morgan fingerprint density at radius 3 is 2.15 bits per heavy atom. The van der Waals surface area contributed by atoms with E-state index in [4.69, 9.17) is 4.74 Å². The second-order valence-electron chi connectivity index (χ2n) is 4.02. The molecule has 0 saturated heterocycles. The molecular weight excluding hydrogens is 280 g/mol. The number of hydrogen-bond donors (Lipinski definition) is 0. The van der Waals surface area contributed by atoms with E-state index in [1.165, 1.54) is 24.3 Å². The molecule has 20 heavy (non-hydrogen) atoms. The van der Waals surface area contributed by atoms with E-state index in [0.717, 1.165) is 5.56 Å². The van der Waals surface area contributed by atoms with Gasteiger partial charge < -0.3 is 8.92 Å². The van der Waals surface area contributed by atoms with Crippen molar-refractivity contribution in [1.29, 1.82) is 0 Å². The zero-order chi connectivity index (χ0) is 14.6. The van der Waals surface area contributed by atoms with Gasteiger partial charge in [-0.25, -0.2) is 4.79 Å². The number of aryl methyl sites for hydroxylation is 1. The molecule has 0 aliphatic rings. The summed E-state index contributed by atoms with van der Waals surface area (Å²) in [5.41, 5.74) is 0.899. The summed E-state index contributed by atoms with van der Waals surface area (Å²) in [6.45, 7) is 1.82. The minimum atomic E-state index is -4.17. The molecule has 2 aromatic rings. The van der Waals surface area contributed by atoms with Crippen molar-refractivity contribution >= 4 is 16.3 Å². The van der Waals surface area contributed by atoms with Crippen LogP contribution in [0.2, 0.25) is 0 Å². The lowest BCUT2D eigenvalue weighted by atomic mass is 10.2. The Balaban J connectivity index is 2.08. The molecule has 0 aliphatic heterocycles. The number of carbonyl (C=O) groups excluding carboxylic acids is 1. The Morgan fingerprint density at radius 2 is 1.55 bits per heavy atom. The fourth-order valence-electron chi connectivity index (χ4n) is 1.44. The highest BCUT2D eigenvalue weighted by atomic mass is 32.2. The lowest BCUT2D eigenvalue weighted by molar-refractivity contribution is 0.154. The first-order valence-corrected chi connectivity index (χ1v) is 7.16. The summed E-state index contributed by atoms with van der Waals surface area (Å²) < 4.78 is 32.8. The number of hydrogen-bond acceptors (Lipinski definition) is 5. The monoisotopic (exact) mass is 292 g/mol. The van der Waals surface area contributed by atoms with Crippen molar-refractivity contribution in [2.75, 3.05) is 0 Å². The van der Waals surface area contributed by atoms with Gasteiger partial charge in [-0.2, -0.15) is 8.42 Å². The molecule has 2 aromatic carbocycles. The van der Waals surface area contributed by atoms with Crippen molar-refractivity contribution in [2.45, 2.75) is 11.8 Å².